The van der Waals surface area contributed by atoms with E-state index in [0.29, 0.717) is 17.9 Å². The van der Waals surface area contributed by atoms with Gasteiger partial charge in [-0.3, -0.25) is 9.10 Å². The fourth-order valence-corrected chi connectivity index (χ4v) is 4.97. The average Bonchev–Trinajstić information content (AvgIpc) is 2.83. The van der Waals surface area contributed by atoms with E-state index in [1.54, 1.807) is 0 Å². The Hall–Kier alpha value is -3.59. The predicted octanol–water partition coefficient (Wildman–Crippen LogP) is 4.55. The third-order valence-electron chi connectivity index (χ3n) is 5.35. The summed E-state index contributed by atoms with van der Waals surface area (Å²) in [4.78, 5) is 12.9. The summed E-state index contributed by atoms with van der Waals surface area (Å²) in [5.74, 6) is -0.472. The molecule has 0 radical (unpaired) electrons. The number of methoxy groups -OCH3 is 2. The van der Waals surface area contributed by atoms with Crippen LogP contribution < -0.4 is 19.1 Å². The minimum Gasteiger partial charge on any atom is -0.493 e. The first kappa shape index (κ1) is 25.0. The molecule has 1 N–H and O–H groups in total. The van der Waals surface area contributed by atoms with Gasteiger partial charge < -0.3 is 14.8 Å². The van der Waals surface area contributed by atoms with Gasteiger partial charge >= 0.3 is 0 Å². The van der Waals surface area contributed by atoms with Gasteiger partial charge in [0.05, 0.1) is 24.8 Å². The van der Waals surface area contributed by atoms with Crippen LogP contribution in [0.4, 0.5) is 15.8 Å². The Kier molecular flexibility index (Phi) is 7.78. The van der Waals surface area contributed by atoms with Crippen molar-refractivity contribution in [1.82, 2.24) is 0 Å². The molecule has 34 heavy (non-hydrogen) atoms. The molecular formula is C25H27FN2O5S. The van der Waals surface area contributed by atoms with Crippen molar-refractivity contribution in [3.05, 3.63) is 77.6 Å². The number of ether oxygens (including phenoxy) is 2. The van der Waals surface area contributed by atoms with Crippen LogP contribution in [0.3, 0.4) is 0 Å². The Morgan fingerprint density at radius 1 is 1.00 bits per heavy atom. The topological polar surface area (TPSA) is 84.9 Å². The first-order chi connectivity index (χ1) is 16.2. The number of benzene rings is 3. The van der Waals surface area contributed by atoms with E-state index in [1.807, 2.05) is 32.0 Å². The molecular weight excluding hydrogens is 459 g/mol. The number of para-hydroxylation sites is 1. The van der Waals surface area contributed by atoms with E-state index in [1.165, 1.54) is 44.6 Å². The van der Waals surface area contributed by atoms with Gasteiger partial charge in [0, 0.05) is 11.8 Å². The Morgan fingerprint density at radius 3 is 2.29 bits per heavy atom. The summed E-state index contributed by atoms with van der Waals surface area (Å²) in [6.45, 7) is 3.32. The fraction of sp³-hybridized carbons (Fsp3) is 0.240. The van der Waals surface area contributed by atoms with Crippen molar-refractivity contribution in [3.63, 3.8) is 0 Å². The number of sulfonamides is 1. The highest BCUT2D eigenvalue weighted by atomic mass is 32.2. The first-order valence-corrected chi connectivity index (χ1v) is 12.0. The van der Waals surface area contributed by atoms with Gasteiger partial charge in [-0.1, -0.05) is 25.1 Å². The number of hydrogen-bond acceptors (Lipinski definition) is 5. The first-order valence-electron chi connectivity index (χ1n) is 10.6. The molecule has 3 rings (SSSR count). The van der Waals surface area contributed by atoms with E-state index in [9.17, 15) is 17.6 Å². The van der Waals surface area contributed by atoms with Crippen molar-refractivity contribution in [2.24, 2.45) is 0 Å². The summed E-state index contributed by atoms with van der Waals surface area (Å²) in [7, 11) is -1.39. The van der Waals surface area contributed by atoms with Gasteiger partial charge in [0.25, 0.3) is 10.0 Å². The Morgan fingerprint density at radius 2 is 1.68 bits per heavy atom. The smallest absolute Gasteiger partial charge is 0.264 e. The van der Waals surface area contributed by atoms with Gasteiger partial charge in [0.15, 0.2) is 11.5 Å². The van der Waals surface area contributed by atoms with Crippen molar-refractivity contribution < 1.29 is 27.1 Å². The molecule has 0 atom stereocenters. The number of carbonyl (C=O) groups is 1. The van der Waals surface area contributed by atoms with Crippen molar-refractivity contribution in [1.29, 1.82) is 0 Å². The van der Waals surface area contributed by atoms with Gasteiger partial charge in [-0.25, -0.2) is 12.8 Å². The molecule has 0 unspecified atom stereocenters. The molecule has 1 amide bonds. The minimum atomic E-state index is -4.22. The zero-order chi connectivity index (χ0) is 24.9. The lowest BCUT2D eigenvalue weighted by atomic mass is 10.1. The van der Waals surface area contributed by atoms with E-state index < -0.39 is 28.3 Å². The number of halogens is 1. The summed E-state index contributed by atoms with van der Waals surface area (Å²) in [5.41, 5.74) is 2.60. The third-order valence-corrected chi connectivity index (χ3v) is 7.12. The molecule has 9 heteroatoms. The number of hydrogen-bond donors (Lipinski definition) is 1. The van der Waals surface area contributed by atoms with Gasteiger partial charge in [-0.15, -0.1) is 0 Å². The van der Waals surface area contributed by atoms with Crippen LogP contribution >= 0.6 is 0 Å². The van der Waals surface area contributed by atoms with Crippen LogP contribution in [0.1, 0.15) is 18.1 Å². The van der Waals surface area contributed by atoms with Crippen molar-refractivity contribution in [2.45, 2.75) is 25.2 Å². The molecule has 0 aromatic heterocycles. The molecule has 0 bridgehead atoms. The largest absolute Gasteiger partial charge is 0.493 e. The van der Waals surface area contributed by atoms with Gasteiger partial charge in [-0.2, -0.15) is 0 Å². The van der Waals surface area contributed by atoms with Crippen LogP contribution in [0.2, 0.25) is 0 Å². The van der Waals surface area contributed by atoms with Crippen molar-refractivity contribution in [2.75, 3.05) is 30.4 Å². The lowest BCUT2D eigenvalue weighted by molar-refractivity contribution is -0.114. The molecule has 0 saturated carbocycles. The monoisotopic (exact) mass is 486 g/mol. The quantitative estimate of drug-likeness (QED) is 0.480. The van der Waals surface area contributed by atoms with Crippen molar-refractivity contribution >= 4 is 27.3 Å². The van der Waals surface area contributed by atoms with E-state index in [0.717, 1.165) is 27.6 Å². The normalized spacial score (nSPS) is 11.1. The van der Waals surface area contributed by atoms with Crippen LogP contribution in [0.15, 0.2) is 65.6 Å². The van der Waals surface area contributed by atoms with E-state index in [4.69, 9.17) is 9.47 Å². The molecule has 0 spiro atoms. The molecule has 180 valence electrons. The number of rotatable bonds is 9. The summed E-state index contributed by atoms with van der Waals surface area (Å²) in [5, 5.41) is 2.84. The molecule has 0 aliphatic rings. The summed E-state index contributed by atoms with van der Waals surface area (Å²) >= 11 is 0. The summed E-state index contributed by atoms with van der Waals surface area (Å²) < 4.78 is 52.1. The van der Waals surface area contributed by atoms with Crippen LogP contribution in [0.25, 0.3) is 0 Å². The molecule has 3 aromatic rings. The number of nitrogens with zero attached hydrogens (tertiary/aromatic N) is 1. The molecule has 0 heterocycles. The molecule has 0 aliphatic heterocycles. The van der Waals surface area contributed by atoms with Crippen LogP contribution in [-0.2, 0) is 21.2 Å². The Bertz CT molecular complexity index is 1280. The number of anilines is 2. The Balaban J connectivity index is 2.01. The highest BCUT2D eigenvalue weighted by Crippen LogP contribution is 2.32. The molecule has 7 nitrogen and oxygen atoms in total. The maximum Gasteiger partial charge on any atom is 0.264 e. The number of aryl methyl sites for hydroxylation is 2. The second-order valence-electron chi connectivity index (χ2n) is 7.52. The average molecular weight is 487 g/mol. The van der Waals surface area contributed by atoms with Gasteiger partial charge in [0.1, 0.15) is 12.4 Å². The second-order valence-corrected chi connectivity index (χ2v) is 9.38. The lowest BCUT2D eigenvalue weighted by Gasteiger charge is -2.25. The van der Waals surface area contributed by atoms with E-state index in [-0.39, 0.29) is 16.3 Å². The highest BCUT2D eigenvalue weighted by Gasteiger charge is 2.29. The van der Waals surface area contributed by atoms with Crippen LogP contribution in [0.5, 0.6) is 11.5 Å². The SMILES string of the molecule is CCc1cccc(C)c1NC(=O)CN(c1ccc(F)cc1)S(=O)(=O)c1ccc(OC)c(OC)c1. The van der Waals surface area contributed by atoms with Gasteiger partial charge in [-0.05, 0) is 60.9 Å². The highest BCUT2D eigenvalue weighted by molar-refractivity contribution is 7.92. The maximum atomic E-state index is 13.6. The number of nitrogens with one attached hydrogen (secondary N) is 1. The predicted molar refractivity (Wildman–Crippen MR) is 130 cm³/mol. The van der Waals surface area contributed by atoms with Crippen LogP contribution in [-0.4, -0.2) is 35.1 Å². The number of amides is 1. The molecule has 0 aliphatic carbocycles. The van der Waals surface area contributed by atoms with Crippen LogP contribution in [0, 0.1) is 12.7 Å². The zero-order valence-corrected chi connectivity index (χ0v) is 20.3. The lowest BCUT2D eigenvalue weighted by Crippen LogP contribution is -2.38. The van der Waals surface area contributed by atoms with E-state index >= 15 is 0 Å². The Labute approximate surface area is 199 Å². The molecule has 3 aromatic carbocycles. The summed E-state index contributed by atoms with van der Waals surface area (Å²) in [6, 6.07) is 14.7. The van der Waals surface area contributed by atoms with Crippen molar-refractivity contribution in [3.8, 4) is 11.5 Å². The van der Waals surface area contributed by atoms with Gasteiger partial charge in [0.2, 0.25) is 5.91 Å². The second kappa shape index (κ2) is 10.6. The fourth-order valence-electron chi connectivity index (χ4n) is 3.54. The minimum absolute atomic E-state index is 0.104. The standard InChI is InChI=1S/C25H27FN2O5S/c1-5-18-8-6-7-17(2)25(18)27-24(29)16-28(20-11-9-19(26)10-12-20)34(30,31)21-13-14-22(32-3)23(15-21)33-4/h6-15H,5,16H2,1-4H3,(H,27,29). The van der Waals surface area contributed by atoms with E-state index in [2.05, 4.69) is 5.32 Å². The summed E-state index contributed by atoms with van der Waals surface area (Å²) in [6.07, 6.45) is 0.697. The number of carbonyl (C=O) groups excluding carboxylic acids is 1. The molecule has 0 saturated heterocycles. The zero-order valence-electron chi connectivity index (χ0n) is 19.5. The maximum absolute atomic E-state index is 13.6. The third kappa shape index (κ3) is 5.31. The molecule has 0 fully saturated rings.